The highest BCUT2D eigenvalue weighted by molar-refractivity contribution is 9.10. The van der Waals surface area contributed by atoms with Crippen molar-refractivity contribution in [2.24, 2.45) is 0 Å². The monoisotopic (exact) mass is 390 g/mol. The number of nitro benzene ring substituents is 1. The van der Waals surface area contributed by atoms with Crippen LogP contribution in [0.15, 0.2) is 58.7 Å². The van der Waals surface area contributed by atoms with Gasteiger partial charge < -0.3 is 10.4 Å². The second kappa shape index (κ2) is 7.51. The van der Waals surface area contributed by atoms with Crippen molar-refractivity contribution in [3.63, 3.8) is 0 Å². The van der Waals surface area contributed by atoms with Gasteiger partial charge in [-0.1, -0.05) is 24.3 Å². The number of aliphatic carboxylic acids is 1. The van der Waals surface area contributed by atoms with Crippen LogP contribution in [0.1, 0.15) is 15.9 Å². The van der Waals surface area contributed by atoms with Gasteiger partial charge in [-0.05, 0) is 45.8 Å². The van der Waals surface area contributed by atoms with Crippen molar-refractivity contribution < 1.29 is 19.6 Å². The Bertz CT molecular complexity index is 834. The van der Waals surface area contributed by atoms with Gasteiger partial charge in [-0.3, -0.25) is 14.9 Å². The molecule has 2 N–H and O–H groups in total. The molecular weight excluding hydrogens is 380 g/mol. The third kappa shape index (κ3) is 4.26. The zero-order chi connectivity index (χ0) is 17.7. The highest BCUT2D eigenvalue weighted by atomic mass is 79.9. The molecule has 7 nitrogen and oxygen atoms in total. The highest BCUT2D eigenvalue weighted by Crippen LogP contribution is 2.26. The number of carboxylic acids is 1. The van der Waals surface area contributed by atoms with Crippen molar-refractivity contribution in [2.75, 3.05) is 0 Å². The maximum Gasteiger partial charge on any atom is 0.352 e. The Morgan fingerprint density at radius 3 is 2.42 bits per heavy atom. The number of carbonyl (C=O) groups is 2. The number of nitrogens with one attached hydrogen (secondary N) is 1. The molecule has 2 aromatic carbocycles. The van der Waals surface area contributed by atoms with Crippen LogP contribution in [-0.2, 0) is 4.79 Å². The lowest BCUT2D eigenvalue weighted by Gasteiger charge is -2.06. The quantitative estimate of drug-likeness (QED) is 0.462. The van der Waals surface area contributed by atoms with Gasteiger partial charge in [0.15, 0.2) is 0 Å². The fraction of sp³-hybridized carbons (Fsp3) is 0. The number of nitro groups is 1. The number of nitrogens with zero attached hydrogens (tertiary/aromatic N) is 1. The molecule has 0 saturated heterocycles. The number of hydrogen-bond donors (Lipinski definition) is 2. The normalized spacial score (nSPS) is 11.0. The molecule has 0 radical (unpaired) electrons. The number of carboxylic acid groups (broad SMARTS) is 1. The summed E-state index contributed by atoms with van der Waals surface area (Å²) in [6.07, 6.45) is 1.16. The van der Waals surface area contributed by atoms with E-state index in [4.69, 9.17) is 0 Å². The molecule has 0 aliphatic heterocycles. The lowest BCUT2D eigenvalue weighted by Crippen LogP contribution is -2.27. The number of rotatable bonds is 5. The second-order valence-electron chi connectivity index (χ2n) is 4.65. The Labute approximate surface area is 144 Å². The minimum Gasteiger partial charge on any atom is -0.477 e. The maximum absolute atomic E-state index is 12.0. The second-order valence-corrected chi connectivity index (χ2v) is 5.51. The topological polar surface area (TPSA) is 110 Å². The third-order valence-corrected chi connectivity index (χ3v) is 3.66. The van der Waals surface area contributed by atoms with Crippen molar-refractivity contribution in [2.45, 2.75) is 0 Å². The molecule has 0 heterocycles. The predicted molar refractivity (Wildman–Crippen MR) is 90.3 cm³/mol. The number of benzene rings is 2. The van der Waals surface area contributed by atoms with E-state index in [2.05, 4.69) is 21.2 Å². The summed E-state index contributed by atoms with van der Waals surface area (Å²) >= 11 is 3.05. The van der Waals surface area contributed by atoms with Gasteiger partial charge in [0, 0.05) is 11.6 Å². The molecule has 0 aromatic heterocycles. The van der Waals surface area contributed by atoms with Crippen LogP contribution in [0.5, 0.6) is 0 Å². The first kappa shape index (κ1) is 17.4. The van der Waals surface area contributed by atoms with E-state index in [1.54, 1.807) is 30.3 Å². The summed E-state index contributed by atoms with van der Waals surface area (Å²) in [6.45, 7) is 0. The largest absolute Gasteiger partial charge is 0.477 e. The average Bonchev–Trinajstić information content (AvgIpc) is 2.56. The fourth-order valence-corrected chi connectivity index (χ4v) is 2.25. The Morgan fingerprint density at radius 1 is 1.17 bits per heavy atom. The summed E-state index contributed by atoms with van der Waals surface area (Å²) in [7, 11) is 0. The van der Waals surface area contributed by atoms with Gasteiger partial charge in [-0.25, -0.2) is 4.79 Å². The Morgan fingerprint density at radius 2 is 1.83 bits per heavy atom. The Kier molecular flexibility index (Phi) is 5.43. The van der Waals surface area contributed by atoms with Crippen molar-refractivity contribution in [1.82, 2.24) is 5.32 Å². The van der Waals surface area contributed by atoms with Gasteiger partial charge >= 0.3 is 5.97 Å². The lowest BCUT2D eigenvalue weighted by atomic mass is 10.1. The first-order valence-corrected chi connectivity index (χ1v) is 7.43. The van der Waals surface area contributed by atoms with Gasteiger partial charge in [-0.15, -0.1) is 0 Å². The molecule has 2 rings (SSSR count). The van der Waals surface area contributed by atoms with Crippen LogP contribution in [0.25, 0.3) is 6.08 Å². The molecule has 0 bridgehead atoms. The van der Waals surface area contributed by atoms with Crippen LogP contribution in [0.2, 0.25) is 0 Å². The summed E-state index contributed by atoms with van der Waals surface area (Å²) in [4.78, 5) is 33.7. The van der Waals surface area contributed by atoms with E-state index in [1.165, 1.54) is 18.2 Å². The van der Waals surface area contributed by atoms with E-state index in [0.29, 0.717) is 5.56 Å². The number of carbonyl (C=O) groups excluding carboxylic acids is 1. The van der Waals surface area contributed by atoms with E-state index in [-0.39, 0.29) is 21.4 Å². The molecule has 0 spiro atoms. The van der Waals surface area contributed by atoms with Crippen LogP contribution >= 0.6 is 15.9 Å². The minimum absolute atomic E-state index is 0.206. The SMILES string of the molecule is O=C(O)C(=Cc1ccc(Br)c([N+](=O)[O-])c1)NC(=O)c1ccccc1. The number of hydrogen-bond acceptors (Lipinski definition) is 4. The van der Waals surface area contributed by atoms with Crippen molar-refractivity contribution >= 4 is 39.6 Å². The van der Waals surface area contributed by atoms with E-state index < -0.39 is 16.8 Å². The van der Waals surface area contributed by atoms with Crippen LogP contribution < -0.4 is 5.32 Å². The fourth-order valence-electron chi connectivity index (χ4n) is 1.86. The smallest absolute Gasteiger partial charge is 0.352 e. The standard InChI is InChI=1S/C16H11BrN2O5/c17-12-7-6-10(9-14(12)19(23)24)8-13(16(21)22)18-15(20)11-4-2-1-3-5-11/h1-9H,(H,18,20)(H,21,22). The van der Waals surface area contributed by atoms with Gasteiger partial charge in [0.1, 0.15) is 5.70 Å². The molecule has 1 amide bonds. The molecule has 8 heteroatoms. The average molecular weight is 391 g/mol. The van der Waals surface area contributed by atoms with Crippen LogP contribution in [0, 0.1) is 10.1 Å². The first-order valence-electron chi connectivity index (χ1n) is 6.64. The summed E-state index contributed by atoms with van der Waals surface area (Å²) < 4.78 is 0.273. The highest BCUT2D eigenvalue weighted by Gasteiger charge is 2.15. The zero-order valence-corrected chi connectivity index (χ0v) is 13.7. The molecule has 0 fully saturated rings. The Balaban J connectivity index is 2.32. The molecule has 2 aromatic rings. The van der Waals surface area contributed by atoms with Gasteiger partial charge in [0.25, 0.3) is 11.6 Å². The van der Waals surface area contributed by atoms with E-state index >= 15 is 0 Å². The first-order chi connectivity index (χ1) is 11.4. The van der Waals surface area contributed by atoms with Gasteiger partial charge in [-0.2, -0.15) is 0 Å². The minimum atomic E-state index is -1.36. The molecule has 0 unspecified atom stereocenters. The molecule has 0 aliphatic rings. The summed E-state index contributed by atoms with van der Waals surface area (Å²) in [5, 5.41) is 22.4. The third-order valence-electron chi connectivity index (χ3n) is 2.99. The van der Waals surface area contributed by atoms with E-state index in [9.17, 15) is 24.8 Å². The predicted octanol–water partition coefficient (Wildman–Crippen LogP) is 3.21. The van der Waals surface area contributed by atoms with Gasteiger partial charge in [0.05, 0.1) is 9.40 Å². The molecule has 0 aliphatic carbocycles. The number of halogens is 1. The molecule has 0 saturated carbocycles. The van der Waals surface area contributed by atoms with Crippen LogP contribution in [0.4, 0.5) is 5.69 Å². The summed E-state index contributed by atoms with van der Waals surface area (Å²) in [6, 6.07) is 12.2. The zero-order valence-electron chi connectivity index (χ0n) is 12.1. The van der Waals surface area contributed by atoms with Crippen LogP contribution in [-0.4, -0.2) is 21.9 Å². The van der Waals surface area contributed by atoms with Crippen LogP contribution in [0.3, 0.4) is 0 Å². The number of amides is 1. The summed E-state index contributed by atoms with van der Waals surface area (Å²) in [5.74, 6) is -1.94. The summed E-state index contributed by atoms with van der Waals surface area (Å²) in [5.41, 5.74) is -0.0227. The molecule has 24 heavy (non-hydrogen) atoms. The van der Waals surface area contributed by atoms with Crippen molar-refractivity contribution in [3.05, 3.63) is 79.9 Å². The van der Waals surface area contributed by atoms with E-state index in [1.807, 2.05) is 0 Å². The van der Waals surface area contributed by atoms with Crippen molar-refractivity contribution in [3.8, 4) is 0 Å². The molecular formula is C16H11BrN2O5. The van der Waals surface area contributed by atoms with Crippen molar-refractivity contribution in [1.29, 1.82) is 0 Å². The molecule has 0 atom stereocenters. The van der Waals surface area contributed by atoms with E-state index in [0.717, 1.165) is 6.08 Å². The molecule has 122 valence electrons. The Hall–Kier alpha value is -3.00. The lowest BCUT2D eigenvalue weighted by molar-refractivity contribution is -0.385. The maximum atomic E-state index is 12.0. The van der Waals surface area contributed by atoms with Gasteiger partial charge in [0.2, 0.25) is 0 Å².